The molecule has 0 saturated carbocycles. The molecule has 4 rings (SSSR count). The van der Waals surface area contributed by atoms with Gasteiger partial charge < -0.3 is 10.1 Å². The Kier molecular flexibility index (Phi) is 6.54. The molecule has 0 fully saturated rings. The number of para-hydroxylation sites is 1. The molecule has 0 bridgehead atoms. The molecule has 34 heavy (non-hydrogen) atoms. The van der Waals surface area contributed by atoms with Crippen molar-refractivity contribution in [2.24, 2.45) is 5.92 Å². The van der Waals surface area contributed by atoms with Crippen LogP contribution in [-0.2, 0) is 16.1 Å². The summed E-state index contributed by atoms with van der Waals surface area (Å²) in [5.41, 5.74) is 2.41. The number of benzene rings is 3. The van der Waals surface area contributed by atoms with Crippen molar-refractivity contribution < 1.29 is 23.9 Å². The molecule has 0 saturated heterocycles. The second-order valence-corrected chi connectivity index (χ2v) is 8.34. The fourth-order valence-corrected chi connectivity index (χ4v) is 3.85. The van der Waals surface area contributed by atoms with Gasteiger partial charge in [-0.25, -0.2) is 4.79 Å². The maximum absolute atomic E-state index is 12.9. The Labute approximate surface area is 197 Å². The fraction of sp³-hybridized carbons (Fsp3) is 0.185. The highest BCUT2D eigenvalue weighted by Crippen LogP contribution is 2.28. The van der Waals surface area contributed by atoms with Crippen molar-refractivity contribution in [3.63, 3.8) is 0 Å². The first-order valence-electron chi connectivity index (χ1n) is 11.0. The molecule has 0 spiro atoms. The van der Waals surface area contributed by atoms with Crippen LogP contribution in [0, 0.1) is 5.92 Å². The quantitative estimate of drug-likeness (QED) is 0.423. The maximum atomic E-state index is 12.9. The zero-order valence-corrected chi connectivity index (χ0v) is 18.9. The summed E-state index contributed by atoms with van der Waals surface area (Å²) in [5.74, 6) is -2.23. The van der Waals surface area contributed by atoms with E-state index < -0.39 is 23.8 Å². The topological polar surface area (TPSA) is 92.8 Å². The van der Waals surface area contributed by atoms with Gasteiger partial charge in [0, 0.05) is 11.3 Å². The summed E-state index contributed by atoms with van der Waals surface area (Å²) < 4.78 is 5.47. The summed E-state index contributed by atoms with van der Waals surface area (Å²) >= 11 is 0. The number of imide groups is 1. The third-order valence-corrected chi connectivity index (χ3v) is 5.61. The smallest absolute Gasteiger partial charge is 0.329 e. The number of ether oxygens (including phenoxy) is 1. The monoisotopic (exact) mass is 456 g/mol. The summed E-state index contributed by atoms with van der Waals surface area (Å²) in [5, 5.41) is 2.81. The van der Waals surface area contributed by atoms with Crippen molar-refractivity contribution in [1.29, 1.82) is 0 Å². The van der Waals surface area contributed by atoms with Crippen LogP contribution in [0.5, 0.6) is 0 Å². The number of hydrogen-bond acceptors (Lipinski definition) is 5. The van der Waals surface area contributed by atoms with Crippen LogP contribution in [0.4, 0.5) is 5.69 Å². The number of amides is 3. The minimum Gasteiger partial charge on any atom is -0.459 e. The first kappa shape index (κ1) is 22.9. The summed E-state index contributed by atoms with van der Waals surface area (Å²) in [6.07, 6.45) is 0. The lowest BCUT2D eigenvalue weighted by Gasteiger charge is -2.27. The number of anilines is 1. The Bertz CT molecular complexity index is 1200. The summed E-state index contributed by atoms with van der Waals surface area (Å²) in [6.45, 7) is 3.47. The minimum absolute atomic E-state index is 0.0498. The molecule has 0 radical (unpaired) electrons. The van der Waals surface area contributed by atoms with E-state index >= 15 is 0 Å². The van der Waals surface area contributed by atoms with E-state index in [-0.39, 0.29) is 29.6 Å². The number of nitrogens with one attached hydrogen (secondary N) is 1. The molecule has 1 aliphatic rings. The SMILES string of the molecule is CC(C)[C@@H](C(=O)OCc1ccc(C(=O)Nc2ccccc2)cc1)N1C(=O)c2ccccc2C1=O. The Hall–Kier alpha value is -4.26. The Morgan fingerprint density at radius 1 is 0.824 bits per heavy atom. The van der Waals surface area contributed by atoms with Gasteiger partial charge in [0.25, 0.3) is 17.7 Å². The van der Waals surface area contributed by atoms with Crippen LogP contribution in [-0.4, -0.2) is 34.6 Å². The average molecular weight is 456 g/mol. The third kappa shape index (κ3) is 4.59. The number of carbonyl (C=O) groups is 4. The molecular weight excluding hydrogens is 432 g/mol. The zero-order valence-electron chi connectivity index (χ0n) is 18.9. The first-order valence-corrected chi connectivity index (χ1v) is 11.0. The molecule has 1 atom stereocenters. The maximum Gasteiger partial charge on any atom is 0.329 e. The van der Waals surface area contributed by atoms with E-state index in [9.17, 15) is 19.2 Å². The predicted octanol–water partition coefficient (Wildman–Crippen LogP) is 4.30. The van der Waals surface area contributed by atoms with Crippen molar-refractivity contribution in [1.82, 2.24) is 4.90 Å². The van der Waals surface area contributed by atoms with Gasteiger partial charge in [0.2, 0.25) is 0 Å². The third-order valence-electron chi connectivity index (χ3n) is 5.61. The number of fused-ring (bicyclic) bond motifs is 1. The molecule has 3 aromatic rings. The van der Waals surface area contributed by atoms with Crippen LogP contribution in [0.1, 0.15) is 50.5 Å². The van der Waals surface area contributed by atoms with Crippen molar-refractivity contribution in [3.8, 4) is 0 Å². The summed E-state index contributed by atoms with van der Waals surface area (Å²) in [7, 11) is 0. The van der Waals surface area contributed by atoms with E-state index in [0.717, 1.165) is 4.90 Å². The van der Waals surface area contributed by atoms with Crippen LogP contribution in [0.25, 0.3) is 0 Å². The fourth-order valence-electron chi connectivity index (χ4n) is 3.85. The van der Waals surface area contributed by atoms with Gasteiger partial charge >= 0.3 is 5.97 Å². The van der Waals surface area contributed by atoms with Gasteiger partial charge in [0.15, 0.2) is 0 Å². The number of esters is 1. The standard InChI is InChI=1S/C27H24N2O5/c1-17(2)23(29-25(31)21-10-6-7-11-22(21)26(29)32)27(33)34-16-18-12-14-19(15-13-18)24(30)28-20-8-4-3-5-9-20/h3-15,17,23H,16H2,1-2H3,(H,28,30)/t23-/m0/s1. The van der Waals surface area contributed by atoms with Gasteiger partial charge in [-0.05, 0) is 47.9 Å². The molecule has 1 N–H and O–H groups in total. The molecule has 172 valence electrons. The predicted molar refractivity (Wildman–Crippen MR) is 126 cm³/mol. The van der Waals surface area contributed by atoms with Gasteiger partial charge in [0.1, 0.15) is 12.6 Å². The van der Waals surface area contributed by atoms with Gasteiger partial charge in [-0.15, -0.1) is 0 Å². The van der Waals surface area contributed by atoms with E-state index in [2.05, 4.69) is 5.32 Å². The van der Waals surface area contributed by atoms with Gasteiger partial charge in [-0.1, -0.05) is 56.3 Å². The summed E-state index contributed by atoms with van der Waals surface area (Å²) in [6, 6.07) is 21.3. The second kappa shape index (κ2) is 9.70. The summed E-state index contributed by atoms with van der Waals surface area (Å²) in [4.78, 5) is 52.0. The van der Waals surface area contributed by atoms with E-state index in [1.54, 1.807) is 74.5 Å². The molecular formula is C27H24N2O5. The Morgan fingerprint density at radius 3 is 1.94 bits per heavy atom. The lowest BCUT2D eigenvalue weighted by atomic mass is 10.0. The first-order chi connectivity index (χ1) is 16.4. The van der Waals surface area contributed by atoms with Crippen molar-refractivity contribution in [2.45, 2.75) is 26.5 Å². The molecule has 0 unspecified atom stereocenters. The van der Waals surface area contributed by atoms with Crippen molar-refractivity contribution >= 4 is 29.4 Å². The molecule has 7 heteroatoms. The highest BCUT2D eigenvalue weighted by molar-refractivity contribution is 6.22. The van der Waals surface area contributed by atoms with Crippen molar-refractivity contribution in [2.75, 3.05) is 5.32 Å². The van der Waals surface area contributed by atoms with Crippen LogP contribution in [0.2, 0.25) is 0 Å². The average Bonchev–Trinajstić information content (AvgIpc) is 3.09. The Balaban J connectivity index is 1.41. The molecule has 7 nitrogen and oxygen atoms in total. The van der Waals surface area contributed by atoms with Crippen LogP contribution in [0.15, 0.2) is 78.9 Å². The second-order valence-electron chi connectivity index (χ2n) is 8.34. The Morgan fingerprint density at radius 2 is 1.38 bits per heavy atom. The van der Waals surface area contributed by atoms with E-state index in [4.69, 9.17) is 4.74 Å². The normalized spacial score (nSPS) is 13.6. The van der Waals surface area contributed by atoms with Gasteiger partial charge in [-0.2, -0.15) is 0 Å². The number of nitrogens with zero attached hydrogens (tertiary/aromatic N) is 1. The number of carbonyl (C=O) groups excluding carboxylic acids is 4. The molecule has 3 aromatic carbocycles. The minimum atomic E-state index is -1.04. The van der Waals surface area contributed by atoms with Gasteiger partial charge in [0.05, 0.1) is 11.1 Å². The molecule has 3 amide bonds. The van der Waals surface area contributed by atoms with Crippen LogP contribution < -0.4 is 5.32 Å². The lowest BCUT2D eigenvalue weighted by Crippen LogP contribution is -2.48. The zero-order chi connectivity index (χ0) is 24.2. The number of hydrogen-bond donors (Lipinski definition) is 1. The molecule has 0 aliphatic carbocycles. The van der Waals surface area contributed by atoms with E-state index in [0.29, 0.717) is 16.8 Å². The van der Waals surface area contributed by atoms with Crippen LogP contribution in [0.3, 0.4) is 0 Å². The van der Waals surface area contributed by atoms with E-state index in [1.807, 2.05) is 18.2 Å². The largest absolute Gasteiger partial charge is 0.459 e. The number of rotatable bonds is 7. The highest BCUT2D eigenvalue weighted by atomic mass is 16.5. The molecule has 0 aromatic heterocycles. The van der Waals surface area contributed by atoms with Crippen LogP contribution >= 0.6 is 0 Å². The lowest BCUT2D eigenvalue weighted by molar-refractivity contribution is -0.151. The van der Waals surface area contributed by atoms with E-state index in [1.165, 1.54) is 0 Å². The molecule has 1 aliphatic heterocycles. The van der Waals surface area contributed by atoms with Gasteiger partial charge in [-0.3, -0.25) is 19.3 Å². The van der Waals surface area contributed by atoms with Crippen molar-refractivity contribution in [3.05, 3.63) is 101 Å². The highest BCUT2D eigenvalue weighted by Gasteiger charge is 2.44. The molecule has 1 heterocycles.